The molecule has 2 bridgehead atoms. The number of carbonyl (C=O) groups is 1. The van der Waals surface area contributed by atoms with Gasteiger partial charge in [-0.05, 0) is 50.0 Å². The molecule has 3 aliphatic heterocycles. The van der Waals surface area contributed by atoms with Crippen molar-refractivity contribution in [1.29, 1.82) is 0 Å². The molecular weight excluding hydrogens is 432 g/mol. The van der Waals surface area contributed by atoms with Gasteiger partial charge in [-0.25, -0.2) is 4.79 Å². The maximum absolute atomic E-state index is 10.6. The normalized spacial score (nSPS) is 30.8. The van der Waals surface area contributed by atoms with E-state index >= 15 is 0 Å². The highest BCUT2D eigenvalue weighted by Crippen LogP contribution is 2.46. The number of hydrogen-bond donors (Lipinski definition) is 1. The zero-order valence-corrected chi connectivity index (χ0v) is 20.1. The highest BCUT2D eigenvalue weighted by molar-refractivity contribution is 5.68. The van der Waals surface area contributed by atoms with Gasteiger partial charge in [-0.3, -0.25) is 0 Å². The minimum absolute atomic E-state index is 0.0646. The van der Waals surface area contributed by atoms with Crippen molar-refractivity contribution in [2.75, 3.05) is 19.8 Å². The molecule has 6 heteroatoms. The Labute approximate surface area is 202 Å². The molecule has 34 heavy (non-hydrogen) atoms. The van der Waals surface area contributed by atoms with Gasteiger partial charge >= 0.3 is 5.97 Å². The van der Waals surface area contributed by atoms with Crippen LogP contribution in [0.25, 0.3) is 0 Å². The number of allylic oxidation sites excluding steroid dienone is 1. The van der Waals surface area contributed by atoms with Crippen molar-refractivity contribution in [1.82, 2.24) is 0 Å². The first-order valence-electron chi connectivity index (χ1n) is 12.7. The van der Waals surface area contributed by atoms with E-state index in [0.717, 1.165) is 45.1 Å². The Morgan fingerprint density at radius 3 is 2.74 bits per heavy atom. The van der Waals surface area contributed by atoms with E-state index in [9.17, 15) is 4.79 Å². The predicted octanol–water partition coefficient (Wildman–Crippen LogP) is 5.10. The van der Waals surface area contributed by atoms with Gasteiger partial charge < -0.3 is 24.1 Å². The minimum Gasteiger partial charge on any atom is -0.480 e. The molecule has 3 unspecified atom stereocenters. The van der Waals surface area contributed by atoms with Crippen molar-refractivity contribution in [3.8, 4) is 0 Å². The Morgan fingerprint density at radius 2 is 1.97 bits per heavy atom. The Bertz CT molecular complexity index is 815. The van der Waals surface area contributed by atoms with Gasteiger partial charge in [-0.2, -0.15) is 0 Å². The molecule has 0 spiro atoms. The molecule has 3 fully saturated rings. The van der Waals surface area contributed by atoms with Crippen molar-refractivity contribution < 1.29 is 28.8 Å². The van der Waals surface area contributed by atoms with Gasteiger partial charge in [-0.1, -0.05) is 61.6 Å². The second-order valence-corrected chi connectivity index (χ2v) is 9.63. The Kier molecular flexibility index (Phi) is 9.33. The lowest BCUT2D eigenvalue weighted by Crippen LogP contribution is -2.30. The molecule has 0 aliphatic carbocycles. The number of carboxylic acids is 1. The largest absolute Gasteiger partial charge is 0.480 e. The molecule has 3 aliphatic rings. The van der Waals surface area contributed by atoms with E-state index in [1.165, 1.54) is 5.56 Å². The number of benzene rings is 1. The van der Waals surface area contributed by atoms with Crippen LogP contribution in [0.3, 0.4) is 0 Å². The maximum Gasteiger partial charge on any atom is 0.329 e. The van der Waals surface area contributed by atoms with Crippen LogP contribution in [0.4, 0.5) is 0 Å². The summed E-state index contributed by atoms with van der Waals surface area (Å²) in [4.78, 5) is 10.6. The van der Waals surface area contributed by atoms with Gasteiger partial charge in [0.05, 0.1) is 24.9 Å². The summed E-state index contributed by atoms with van der Waals surface area (Å²) in [5.74, 6) is 0.0430. The summed E-state index contributed by atoms with van der Waals surface area (Å²) in [7, 11) is 0. The number of hydrogen-bond acceptors (Lipinski definition) is 5. The maximum atomic E-state index is 10.6. The van der Waals surface area contributed by atoms with E-state index in [1.54, 1.807) is 0 Å². The summed E-state index contributed by atoms with van der Waals surface area (Å²) in [6, 6.07) is 10.5. The Morgan fingerprint density at radius 1 is 1.15 bits per heavy atom. The van der Waals surface area contributed by atoms with Gasteiger partial charge in [0.25, 0.3) is 0 Å². The summed E-state index contributed by atoms with van der Waals surface area (Å²) in [5, 5.41) is 8.68. The molecule has 0 aromatic heterocycles. The van der Waals surface area contributed by atoms with Gasteiger partial charge in [0.1, 0.15) is 6.61 Å². The molecule has 0 radical (unpaired) electrons. The van der Waals surface area contributed by atoms with Crippen molar-refractivity contribution in [3.63, 3.8) is 0 Å². The molecule has 3 saturated heterocycles. The summed E-state index contributed by atoms with van der Waals surface area (Å²) >= 11 is 0. The number of ether oxygens (including phenoxy) is 4. The lowest BCUT2D eigenvalue weighted by Gasteiger charge is -2.30. The molecular formula is C28H38O6. The molecule has 0 amide bonds. The highest BCUT2D eigenvalue weighted by Gasteiger charge is 2.47. The van der Waals surface area contributed by atoms with Crippen LogP contribution in [0.15, 0.2) is 54.6 Å². The molecule has 4 rings (SSSR count). The van der Waals surface area contributed by atoms with E-state index in [1.807, 2.05) is 12.1 Å². The number of fused-ring (bicyclic) bond motifs is 2. The van der Waals surface area contributed by atoms with Crippen molar-refractivity contribution in [2.24, 2.45) is 11.8 Å². The van der Waals surface area contributed by atoms with Gasteiger partial charge in [0, 0.05) is 18.4 Å². The van der Waals surface area contributed by atoms with Crippen LogP contribution < -0.4 is 0 Å². The number of aliphatic carboxylic acids is 1. The Hall–Kier alpha value is -1.99. The monoisotopic (exact) mass is 470 g/mol. The van der Waals surface area contributed by atoms with Crippen LogP contribution in [0, 0.1) is 11.8 Å². The third-order valence-corrected chi connectivity index (χ3v) is 7.29. The van der Waals surface area contributed by atoms with E-state index in [2.05, 4.69) is 49.4 Å². The quantitative estimate of drug-likeness (QED) is 0.338. The van der Waals surface area contributed by atoms with Crippen LogP contribution in [-0.4, -0.2) is 55.5 Å². The first-order valence-corrected chi connectivity index (χ1v) is 12.7. The molecule has 7 atom stereocenters. The van der Waals surface area contributed by atoms with Gasteiger partial charge in [0.2, 0.25) is 0 Å². The zero-order chi connectivity index (χ0) is 23.8. The lowest BCUT2D eigenvalue weighted by molar-refractivity contribution is -0.181. The standard InChI is InChI=1S/C28H38O6/c1-20(21-9-3-2-4-10-21)24(34-28-12-6-8-18-32-28)14-13-23-22(25-15-16-26(23)33-25)11-5-7-17-31-19-27(29)30/h2-5,7,9-10,13-14,20,22-26,28H,6,8,11-12,15-19H2,1H3,(H,29,30)/b7-5-,14-13+/t20?,22-,23+,24?,25-,26+,28?/m0/s1. The summed E-state index contributed by atoms with van der Waals surface area (Å²) in [6.45, 7) is 3.05. The summed E-state index contributed by atoms with van der Waals surface area (Å²) in [5.41, 5.74) is 1.26. The topological polar surface area (TPSA) is 74.2 Å². The molecule has 1 aromatic rings. The fourth-order valence-corrected chi connectivity index (χ4v) is 5.43. The molecule has 186 valence electrons. The minimum atomic E-state index is -0.944. The molecule has 3 heterocycles. The van der Waals surface area contributed by atoms with E-state index in [4.69, 9.17) is 24.1 Å². The van der Waals surface area contributed by atoms with Crippen LogP contribution in [0.1, 0.15) is 56.9 Å². The third-order valence-electron chi connectivity index (χ3n) is 7.29. The predicted molar refractivity (Wildman–Crippen MR) is 130 cm³/mol. The SMILES string of the molecule is CC(c1ccccc1)C(/C=C/[C@@H]1[C@H](C/C=C\COCC(=O)O)[C@@H]2CC[C@H]1O2)OC1CCCCO1. The van der Waals surface area contributed by atoms with Crippen LogP contribution in [-0.2, 0) is 23.7 Å². The first-order chi connectivity index (χ1) is 16.6. The highest BCUT2D eigenvalue weighted by atomic mass is 16.7. The van der Waals surface area contributed by atoms with Crippen LogP contribution in [0.2, 0.25) is 0 Å². The van der Waals surface area contributed by atoms with E-state index in [0.29, 0.717) is 18.4 Å². The lowest BCUT2D eigenvalue weighted by atomic mass is 9.77. The number of carboxylic acid groups (broad SMARTS) is 1. The van der Waals surface area contributed by atoms with E-state index in [-0.39, 0.29) is 37.1 Å². The summed E-state index contributed by atoms with van der Waals surface area (Å²) < 4.78 is 23.8. The van der Waals surface area contributed by atoms with Crippen LogP contribution in [0.5, 0.6) is 0 Å². The average Bonchev–Trinajstić information content (AvgIpc) is 3.46. The second kappa shape index (κ2) is 12.6. The smallest absolute Gasteiger partial charge is 0.329 e. The fraction of sp³-hybridized carbons (Fsp3) is 0.607. The van der Waals surface area contributed by atoms with Crippen molar-refractivity contribution in [2.45, 2.75) is 76.0 Å². The van der Waals surface area contributed by atoms with Crippen molar-refractivity contribution in [3.05, 3.63) is 60.2 Å². The number of rotatable bonds is 12. The van der Waals surface area contributed by atoms with Crippen LogP contribution >= 0.6 is 0 Å². The first kappa shape index (κ1) is 25.1. The summed E-state index contributed by atoms with van der Waals surface area (Å²) in [6.07, 6.45) is 15.3. The molecule has 1 N–H and O–H groups in total. The van der Waals surface area contributed by atoms with E-state index < -0.39 is 5.97 Å². The third kappa shape index (κ3) is 6.79. The molecule has 0 saturated carbocycles. The molecule has 1 aromatic carbocycles. The van der Waals surface area contributed by atoms with Gasteiger partial charge in [0.15, 0.2) is 6.29 Å². The average molecular weight is 471 g/mol. The fourth-order valence-electron chi connectivity index (χ4n) is 5.43. The zero-order valence-electron chi connectivity index (χ0n) is 20.1. The van der Waals surface area contributed by atoms with Gasteiger partial charge in [-0.15, -0.1) is 0 Å². The second-order valence-electron chi connectivity index (χ2n) is 9.63. The van der Waals surface area contributed by atoms with Crippen molar-refractivity contribution >= 4 is 5.97 Å². The Balaban J connectivity index is 1.41. The molecule has 6 nitrogen and oxygen atoms in total.